The summed E-state index contributed by atoms with van der Waals surface area (Å²) in [6.07, 6.45) is 1.67. The summed E-state index contributed by atoms with van der Waals surface area (Å²) in [5.74, 6) is 0.301. The van der Waals surface area contributed by atoms with E-state index < -0.39 is 0 Å². The minimum atomic E-state index is 0.0589. The fourth-order valence-electron chi connectivity index (χ4n) is 2.17. The summed E-state index contributed by atoms with van der Waals surface area (Å²) in [5, 5.41) is 0. The number of benzene rings is 2. The first-order valence-corrected chi connectivity index (χ1v) is 7.33. The third-order valence-electron chi connectivity index (χ3n) is 3.32. The zero-order chi connectivity index (χ0) is 13.7. The number of hydrogen-bond donors (Lipinski definition) is 0. The molecule has 0 heterocycles. The second-order valence-electron chi connectivity index (χ2n) is 4.67. The lowest BCUT2D eigenvalue weighted by atomic mass is 9.89. The van der Waals surface area contributed by atoms with E-state index in [0.29, 0.717) is 0 Å². The molecule has 0 fully saturated rings. The van der Waals surface area contributed by atoms with Crippen LogP contribution >= 0.6 is 15.9 Å². The van der Waals surface area contributed by atoms with Gasteiger partial charge in [0.15, 0.2) is 5.78 Å². The number of halogens is 1. The predicted octanol–water partition coefficient (Wildman–Crippen LogP) is 4.90. The van der Waals surface area contributed by atoms with Gasteiger partial charge in [-0.05, 0) is 30.5 Å². The molecule has 0 aliphatic carbocycles. The van der Waals surface area contributed by atoms with Gasteiger partial charge in [-0.3, -0.25) is 4.79 Å². The van der Waals surface area contributed by atoms with E-state index in [-0.39, 0.29) is 11.7 Å². The van der Waals surface area contributed by atoms with Crippen molar-refractivity contribution >= 4 is 21.7 Å². The Hall–Kier alpha value is -1.41. The van der Waals surface area contributed by atoms with Crippen LogP contribution in [0.15, 0.2) is 59.1 Å². The fraction of sp³-hybridized carbons (Fsp3) is 0.235. The van der Waals surface area contributed by atoms with Crippen molar-refractivity contribution in [2.45, 2.75) is 19.8 Å². The molecule has 0 amide bonds. The molecule has 0 aromatic heterocycles. The third-order valence-corrected chi connectivity index (χ3v) is 3.85. The number of Topliss-reactive ketones (excluding diaryl/α,β-unsaturated/α-hetero) is 1. The summed E-state index contributed by atoms with van der Waals surface area (Å²) in [6, 6.07) is 17.8. The van der Waals surface area contributed by atoms with Crippen LogP contribution in [0, 0.1) is 5.92 Å². The highest BCUT2D eigenvalue weighted by molar-refractivity contribution is 9.10. The SMILES string of the molecule is CCC(Cc1ccc(Br)cc1)C(=O)c1ccccc1. The third kappa shape index (κ3) is 3.77. The second-order valence-corrected chi connectivity index (χ2v) is 5.58. The average Bonchev–Trinajstić information content (AvgIpc) is 2.47. The molecule has 98 valence electrons. The molecule has 0 spiro atoms. The Balaban J connectivity index is 2.12. The molecule has 1 nitrogen and oxygen atoms in total. The molecule has 0 aliphatic rings. The topological polar surface area (TPSA) is 17.1 Å². The Morgan fingerprint density at radius 1 is 1.05 bits per heavy atom. The number of hydrogen-bond acceptors (Lipinski definition) is 1. The first kappa shape index (κ1) is 14.0. The lowest BCUT2D eigenvalue weighted by Gasteiger charge is -2.14. The quantitative estimate of drug-likeness (QED) is 0.717. The van der Waals surface area contributed by atoms with Crippen molar-refractivity contribution in [1.82, 2.24) is 0 Å². The van der Waals surface area contributed by atoms with Gasteiger partial charge in [-0.2, -0.15) is 0 Å². The maximum absolute atomic E-state index is 12.4. The largest absolute Gasteiger partial charge is 0.294 e. The molecule has 2 heteroatoms. The molecule has 1 atom stereocenters. The van der Waals surface area contributed by atoms with Crippen LogP contribution in [0.4, 0.5) is 0 Å². The first-order valence-electron chi connectivity index (χ1n) is 6.54. The van der Waals surface area contributed by atoms with Crippen molar-refractivity contribution < 1.29 is 4.79 Å². The van der Waals surface area contributed by atoms with Crippen molar-refractivity contribution in [3.05, 3.63) is 70.2 Å². The summed E-state index contributed by atoms with van der Waals surface area (Å²) < 4.78 is 1.07. The van der Waals surface area contributed by atoms with Crippen LogP contribution in [0.2, 0.25) is 0 Å². The molecule has 2 aromatic carbocycles. The molecule has 0 saturated heterocycles. The van der Waals surface area contributed by atoms with Gasteiger partial charge >= 0.3 is 0 Å². The summed E-state index contributed by atoms with van der Waals surface area (Å²) in [6.45, 7) is 2.07. The molecule has 2 rings (SSSR count). The van der Waals surface area contributed by atoms with Gasteiger partial charge in [-0.1, -0.05) is 65.3 Å². The average molecular weight is 317 g/mol. The van der Waals surface area contributed by atoms with Crippen LogP contribution in [-0.4, -0.2) is 5.78 Å². The Labute approximate surface area is 122 Å². The van der Waals surface area contributed by atoms with Gasteiger partial charge in [0.1, 0.15) is 0 Å². The molecule has 19 heavy (non-hydrogen) atoms. The van der Waals surface area contributed by atoms with E-state index in [1.807, 2.05) is 42.5 Å². The number of rotatable bonds is 5. The molecule has 0 aliphatic heterocycles. The number of carbonyl (C=O) groups is 1. The lowest BCUT2D eigenvalue weighted by Crippen LogP contribution is -2.16. The minimum Gasteiger partial charge on any atom is -0.294 e. The highest BCUT2D eigenvalue weighted by Gasteiger charge is 2.18. The monoisotopic (exact) mass is 316 g/mol. The fourth-order valence-corrected chi connectivity index (χ4v) is 2.43. The van der Waals surface area contributed by atoms with Gasteiger partial charge in [0.2, 0.25) is 0 Å². The van der Waals surface area contributed by atoms with E-state index in [0.717, 1.165) is 22.9 Å². The molecule has 0 bridgehead atoms. The van der Waals surface area contributed by atoms with E-state index in [4.69, 9.17) is 0 Å². The van der Waals surface area contributed by atoms with E-state index in [9.17, 15) is 4.79 Å². The Morgan fingerprint density at radius 3 is 2.26 bits per heavy atom. The summed E-state index contributed by atoms with van der Waals surface area (Å²) >= 11 is 3.43. The van der Waals surface area contributed by atoms with Gasteiger partial charge in [0.25, 0.3) is 0 Å². The maximum atomic E-state index is 12.4. The Bertz CT molecular complexity index is 531. The molecule has 0 saturated carbocycles. The normalized spacial score (nSPS) is 12.1. The molecule has 1 unspecified atom stereocenters. The standard InChI is InChI=1S/C17H17BrO/c1-2-14(12-13-8-10-16(18)11-9-13)17(19)15-6-4-3-5-7-15/h3-11,14H,2,12H2,1H3. The Morgan fingerprint density at radius 2 is 1.68 bits per heavy atom. The smallest absolute Gasteiger partial charge is 0.166 e. The molecule has 2 aromatic rings. The van der Waals surface area contributed by atoms with Gasteiger partial charge in [0.05, 0.1) is 0 Å². The van der Waals surface area contributed by atoms with Gasteiger partial charge < -0.3 is 0 Å². The van der Waals surface area contributed by atoms with Crippen molar-refractivity contribution in [3.63, 3.8) is 0 Å². The van der Waals surface area contributed by atoms with E-state index in [1.54, 1.807) is 0 Å². The Kier molecular flexibility index (Phi) is 4.92. The second kappa shape index (κ2) is 6.67. The van der Waals surface area contributed by atoms with E-state index in [2.05, 4.69) is 35.0 Å². The first-order chi connectivity index (χ1) is 9.20. The molecular formula is C17H17BrO. The van der Waals surface area contributed by atoms with Gasteiger partial charge in [0, 0.05) is 16.0 Å². The minimum absolute atomic E-state index is 0.0589. The zero-order valence-corrected chi connectivity index (χ0v) is 12.6. The summed E-state index contributed by atoms with van der Waals surface area (Å²) in [4.78, 5) is 12.4. The van der Waals surface area contributed by atoms with Crippen LogP contribution in [0.3, 0.4) is 0 Å². The van der Waals surface area contributed by atoms with Crippen LogP contribution in [0.1, 0.15) is 29.3 Å². The lowest BCUT2D eigenvalue weighted by molar-refractivity contribution is 0.0916. The highest BCUT2D eigenvalue weighted by Crippen LogP contribution is 2.19. The van der Waals surface area contributed by atoms with Crippen molar-refractivity contribution in [2.75, 3.05) is 0 Å². The van der Waals surface area contributed by atoms with Gasteiger partial charge in [-0.25, -0.2) is 0 Å². The van der Waals surface area contributed by atoms with Crippen molar-refractivity contribution in [2.24, 2.45) is 5.92 Å². The maximum Gasteiger partial charge on any atom is 0.166 e. The molecule has 0 radical (unpaired) electrons. The van der Waals surface area contributed by atoms with Crippen molar-refractivity contribution in [1.29, 1.82) is 0 Å². The highest BCUT2D eigenvalue weighted by atomic mass is 79.9. The van der Waals surface area contributed by atoms with Crippen LogP contribution < -0.4 is 0 Å². The van der Waals surface area contributed by atoms with Crippen LogP contribution in [0.5, 0.6) is 0 Å². The summed E-state index contributed by atoms with van der Waals surface area (Å²) in [5.41, 5.74) is 2.02. The van der Waals surface area contributed by atoms with E-state index >= 15 is 0 Å². The summed E-state index contributed by atoms with van der Waals surface area (Å²) in [7, 11) is 0. The van der Waals surface area contributed by atoms with E-state index in [1.165, 1.54) is 5.56 Å². The van der Waals surface area contributed by atoms with Crippen LogP contribution in [-0.2, 0) is 6.42 Å². The molecule has 0 N–H and O–H groups in total. The number of carbonyl (C=O) groups excluding carboxylic acids is 1. The van der Waals surface area contributed by atoms with Gasteiger partial charge in [-0.15, -0.1) is 0 Å². The van der Waals surface area contributed by atoms with Crippen molar-refractivity contribution in [3.8, 4) is 0 Å². The zero-order valence-electron chi connectivity index (χ0n) is 11.0. The number of ketones is 1. The molecular weight excluding hydrogens is 300 g/mol. The van der Waals surface area contributed by atoms with Crippen LogP contribution in [0.25, 0.3) is 0 Å². The predicted molar refractivity (Wildman–Crippen MR) is 82.4 cm³/mol.